The number of carbonyl (C=O) groups excluding carboxylic acids is 1. The monoisotopic (exact) mass is 368 g/mol. The van der Waals surface area contributed by atoms with Crippen molar-refractivity contribution in [3.05, 3.63) is 54.1 Å². The Labute approximate surface area is 161 Å². The second-order valence-corrected chi connectivity index (χ2v) is 7.27. The maximum atomic E-state index is 12.4. The van der Waals surface area contributed by atoms with E-state index in [1.165, 1.54) is 5.56 Å². The summed E-state index contributed by atoms with van der Waals surface area (Å²) in [5.41, 5.74) is 1.20. The van der Waals surface area contributed by atoms with Gasteiger partial charge < -0.3 is 19.3 Å². The predicted octanol–water partition coefficient (Wildman–Crippen LogP) is 3.72. The molecule has 2 aromatic rings. The minimum atomic E-state index is 0.0431. The third-order valence-electron chi connectivity index (χ3n) is 4.92. The number of amides is 1. The smallest absolute Gasteiger partial charge is 0.260 e. The number of rotatable bonds is 6. The second kappa shape index (κ2) is 8.91. The molecule has 0 radical (unpaired) electrons. The quantitative estimate of drug-likeness (QED) is 0.779. The molecule has 5 nitrogen and oxygen atoms in total. The van der Waals surface area contributed by atoms with E-state index in [4.69, 9.17) is 9.47 Å². The molecule has 0 spiro atoms. The van der Waals surface area contributed by atoms with E-state index < -0.39 is 0 Å². The molecule has 5 heteroatoms. The van der Waals surface area contributed by atoms with Gasteiger partial charge in [-0.1, -0.05) is 17.7 Å². The van der Waals surface area contributed by atoms with Crippen molar-refractivity contribution in [2.45, 2.75) is 25.8 Å². The van der Waals surface area contributed by atoms with E-state index in [1.807, 2.05) is 60.4 Å². The molecule has 1 amide bonds. The van der Waals surface area contributed by atoms with Crippen LogP contribution in [0, 0.1) is 6.92 Å². The molecular weight excluding hydrogens is 340 g/mol. The molecule has 1 heterocycles. The van der Waals surface area contributed by atoms with E-state index in [0.29, 0.717) is 11.8 Å². The summed E-state index contributed by atoms with van der Waals surface area (Å²) in [6.07, 6.45) is 2.18. The number of hydrogen-bond acceptors (Lipinski definition) is 4. The molecular formula is C22H28N2O3. The van der Waals surface area contributed by atoms with Gasteiger partial charge in [0.05, 0.1) is 0 Å². The fraction of sp³-hybridized carbons (Fsp3) is 0.409. The number of nitrogens with zero attached hydrogens (tertiary/aromatic N) is 2. The fourth-order valence-electron chi connectivity index (χ4n) is 3.19. The summed E-state index contributed by atoms with van der Waals surface area (Å²) in [7, 11) is 4.13. The zero-order chi connectivity index (χ0) is 19.2. The van der Waals surface area contributed by atoms with Crippen molar-refractivity contribution in [2.24, 2.45) is 0 Å². The first-order valence-corrected chi connectivity index (χ1v) is 9.43. The summed E-state index contributed by atoms with van der Waals surface area (Å²) in [6.45, 7) is 3.70. The van der Waals surface area contributed by atoms with Crippen LogP contribution in [-0.4, -0.2) is 55.5 Å². The van der Waals surface area contributed by atoms with E-state index in [2.05, 4.69) is 19.0 Å². The number of ether oxygens (including phenoxy) is 2. The fourth-order valence-corrected chi connectivity index (χ4v) is 3.19. The Hall–Kier alpha value is -2.53. The van der Waals surface area contributed by atoms with Crippen LogP contribution in [0.5, 0.6) is 17.2 Å². The second-order valence-electron chi connectivity index (χ2n) is 7.27. The average Bonchev–Trinajstić information content (AvgIpc) is 2.69. The lowest BCUT2D eigenvalue weighted by Gasteiger charge is -2.36. The SMILES string of the molecule is Cc1ccc(Oc2ccc(OCC(=O)N3CCCC(N(C)C)C3)cc2)cc1. The van der Waals surface area contributed by atoms with Crippen LogP contribution in [0.1, 0.15) is 18.4 Å². The van der Waals surface area contributed by atoms with E-state index in [-0.39, 0.29) is 12.5 Å². The van der Waals surface area contributed by atoms with Crippen LogP contribution >= 0.6 is 0 Å². The molecule has 0 bridgehead atoms. The van der Waals surface area contributed by atoms with Gasteiger partial charge in [-0.05, 0) is 70.3 Å². The highest BCUT2D eigenvalue weighted by Crippen LogP contribution is 2.24. The average molecular weight is 368 g/mol. The molecule has 1 atom stereocenters. The Morgan fingerprint density at radius 1 is 1.04 bits per heavy atom. The van der Waals surface area contributed by atoms with Crippen molar-refractivity contribution in [1.82, 2.24) is 9.80 Å². The van der Waals surface area contributed by atoms with Gasteiger partial charge in [-0.2, -0.15) is 0 Å². The zero-order valence-electron chi connectivity index (χ0n) is 16.4. The van der Waals surface area contributed by atoms with Gasteiger partial charge >= 0.3 is 0 Å². The highest BCUT2D eigenvalue weighted by Gasteiger charge is 2.24. The van der Waals surface area contributed by atoms with Crippen molar-refractivity contribution in [3.8, 4) is 17.2 Å². The van der Waals surface area contributed by atoms with Crippen molar-refractivity contribution in [1.29, 1.82) is 0 Å². The molecule has 0 saturated carbocycles. The van der Waals surface area contributed by atoms with Crippen molar-refractivity contribution >= 4 is 5.91 Å². The Bertz CT molecular complexity index is 741. The third kappa shape index (κ3) is 5.47. The number of carbonyl (C=O) groups is 1. The number of aryl methyl sites for hydroxylation is 1. The summed E-state index contributed by atoms with van der Waals surface area (Å²) in [6, 6.07) is 15.7. The van der Waals surface area contributed by atoms with Crippen LogP contribution in [0.3, 0.4) is 0 Å². The van der Waals surface area contributed by atoms with Gasteiger partial charge in [-0.15, -0.1) is 0 Å². The third-order valence-corrected chi connectivity index (χ3v) is 4.92. The van der Waals surface area contributed by atoms with E-state index in [0.717, 1.165) is 37.4 Å². The molecule has 1 saturated heterocycles. The highest BCUT2D eigenvalue weighted by molar-refractivity contribution is 5.78. The van der Waals surface area contributed by atoms with Crippen molar-refractivity contribution < 1.29 is 14.3 Å². The maximum absolute atomic E-state index is 12.4. The van der Waals surface area contributed by atoms with Crippen LogP contribution in [0.2, 0.25) is 0 Å². The van der Waals surface area contributed by atoms with Gasteiger partial charge in [0.15, 0.2) is 6.61 Å². The minimum absolute atomic E-state index is 0.0431. The molecule has 3 rings (SSSR count). The van der Waals surface area contributed by atoms with Crippen LogP contribution in [0.4, 0.5) is 0 Å². The first-order valence-electron chi connectivity index (χ1n) is 9.43. The summed E-state index contributed by atoms with van der Waals surface area (Å²) in [5.74, 6) is 2.25. The molecule has 0 aliphatic carbocycles. The molecule has 27 heavy (non-hydrogen) atoms. The molecule has 2 aromatic carbocycles. The first-order chi connectivity index (χ1) is 13.0. The summed E-state index contributed by atoms with van der Waals surface area (Å²) < 4.78 is 11.5. The summed E-state index contributed by atoms with van der Waals surface area (Å²) in [5, 5.41) is 0. The molecule has 1 fully saturated rings. The van der Waals surface area contributed by atoms with Gasteiger partial charge in [0, 0.05) is 19.1 Å². The van der Waals surface area contributed by atoms with Gasteiger partial charge in [0.25, 0.3) is 5.91 Å². The number of hydrogen-bond donors (Lipinski definition) is 0. The lowest BCUT2D eigenvalue weighted by molar-refractivity contribution is -0.135. The topological polar surface area (TPSA) is 42.0 Å². The van der Waals surface area contributed by atoms with Crippen LogP contribution in [-0.2, 0) is 4.79 Å². The van der Waals surface area contributed by atoms with Crippen molar-refractivity contribution in [3.63, 3.8) is 0 Å². The van der Waals surface area contributed by atoms with Gasteiger partial charge in [-0.3, -0.25) is 4.79 Å². The first kappa shape index (κ1) is 19.2. The van der Waals surface area contributed by atoms with E-state index in [9.17, 15) is 4.79 Å². The van der Waals surface area contributed by atoms with Crippen LogP contribution in [0.25, 0.3) is 0 Å². The maximum Gasteiger partial charge on any atom is 0.260 e. The lowest BCUT2D eigenvalue weighted by atomic mass is 10.1. The molecule has 1 aliphatic heterocycles. The molecule has 1 unspecified atom stereocenters. The van der Waals surface area contributed by atoms with Crippen molar-refractivity contribution in [2.75, 3.05) is 33.8 Å². The van der Waals surface area contributed by atoms with Gasteiger partial charge in [0.1, 0.15) is 17.2 Å². The lowest BCUT2D eigenvalue weighted by Crippen LogP contribution is -2.48. The zero-order valence-corrected chi connectivity index (χ0v) is 16.4. The highest BCUT2D eigenvalue weighted by atomic mass is 16.5. The Morgan fingerprint density at radius 2 is 1.63 bits per heavy atom. The summed E-state index contributed by atoms with van der Waals surface area (Å²) >= 11 is 0. The number of likely N-dealkylation sites (tertiary alicyclic amines) is 1. The number of likely N-dealkylation sites (N-methyl/N-ethyl adjacent to an activating group) is 1. The van der Waals surface area contributed by atoms with Crippen LogP contribution in [0.15, 0.2) is 48.5 Å². The number of benzene rings is 2. The minimum Gasteiger partial charge on any atom is -0.484 e. The summed E-state index contributed by atoms with van der Waals surface area (Å²) in [4.78, 5) is 16.5. The van der Waals surface area contributed by atoms with E-state index >= 15 is 0 Å². The molecule has 1 aliphatic rings. The predicted molar refractivity (Wildman–Crippen MR) is 106 cm³/mol. The van der Waals surface area contributed by atoms with Crippen LogP contribution < -0.4 is 9.47 Å². The normalized spacial score (nSPS) is 17.0. The molecule has 0 N–H and O–H groups in total. The largest absolute Gasteiger partial charge is 0.484 e. The Kier molecular flexibility index (Phi) is 6.35. The number of piperidine rings is 1. The molecule has 144 valence electrons. The van der Waals surface area contributed by atoms with Gasteiger partial charge in [0.2, 0.25) is 0 Å². The standard InChI is InChI=1S/C22H28N2O3/c1-17-6-8-20(9-7-17)27-21-12-10-19(11-13-21)26-16-22(25)24-14-4-5-18(15-24)23(2)3/h6-13,18H,4-5,14-16H2,1-3H3. The Balaban J connectivity index is 1.49. The van der Waals surface area contributed by atoms with Gasteiger partial charge in [-0.25, -0.2) is 0 Å². The Morgan fingerprint density at radius 3 is 2.26 bits per heavy atom. The molecule has 0 aromatic heterocycles. The van der Waals surface area contributed by atoms with E-state index in [1.54, 1.807) is 0 Å².